The van der Waals surface area contributed by atoms with Crippen LogP contribution < -0.4 is 4.90 Å². The van der Waals surface area contributed by atoms with Gasteiger partial charge in [-0.1, -0.05) is 0 Å². The maximum atomic E-state index is 14.0. The molecule has 2 rings (SSSR count). The summed E-state index contributed by atoms with van der Waals surface area (Å²) in [5, 5.41) is 8.70. The van der Waals surface area contributed by atoms with Crippen molar-refractivity contribution in [2.45, 2.75) is 25.9 Å². The van der Waals surface area contributed by atoms with Gasteiger partial charge in [0.05, 0.1) is 11.6 Å². The van der Waals surface area contributed by atoms with Crippen LogP contribution in [0.25, 0.3) is 0 Å². The fraction of sp³-hybridized carbons (Fsp3) is 0.500. The Labute approximate surface area is 112 Å². The summed E-state index contributed by atoms with van der Waals surface area (Å²) in [6, 6.07) is 4.38. The summed E-state index contributed by atoms with van der Waals surface area (Å²) < 4.78 is 28.0. The van der Waals surface area contributed by atoms with Crippen molar-refractivity contribution < 1.29 is 8.78 Å². The Bertz CT molecular complexity index is 489. The average Bonchev–Trinajstić information content (AvgIpc) is 2.34. The molecule has 1 aliphatic rings. The van der Waals surface area contributed by atoms with Crippen LogP contribution in [0, 0.1) is 23.0 Å². The van der Waals surface area contributed by atoms with Crippen LogP contribution in [-0.4, -0.2) is 37.1 Å². The molecule has 1 aliphatic heterocycles. The topological polar surface area (TPSA) is 30.3 Å². The van der Waals surface area contributed by atoms with E-state index in [1.807, 2.05) is 20.9 Å². The standard InChI is InChI=1S/C14H17F2N3/c1-9-7-19(8-10(2)18(9)3)14-12(15)4-11(6-17)5-13(14)16/h4-5,9-10H,7-8H2,1-3H3. The molecule has 3 nitrogen and oxygen atoms in total. The molecule has 2 atom stereocenters. The van der Waals surface area contributed by atoms with Crippen LogP contribution in [0.3, 0.4) is 0 Å². The lowest BCUT2D eigenvalue weighted by Crippen LogP contribution is -2.55. The minimum Gasteiger partial charge on any atom is -0.364 e. The second-order valence-electron chi connectivity index (χ2n) is 5.17. The number of anilines is 1. The Morgan fingerprint density at radius 1 is 1.16 bits per heavy atom. The monoisotopic (exact) mass is 265 g/mol. The highest BCUT2D eigenvalue weighted by Crippen LogP contribution is 2.28. The Balaban J connectivity index is 2.35. The highest BCUT2D eigenvalue weighted by molar-refractivity contribution is 5.53. The maximum Gasteiger partial charge on any atom is 0.150 e. The van der Waals surface area contributed by atoms with E-state index in [4.69, 9.17) is 5.26 Å². The predicted molar refractivity (Wildman–Crippen MR) is 70.0 cm³/mol. The highest BCUT2D eigenvalue weighted by Gasteiger charge is 2.29. The van der Waals surface area contributed by atoms with Crippen LogP contribution in [0.4, 0.5) is 14.5 Å². The van der Waals surface area contributed by atoms with Gasteiger partial charge in [-0.25, -0.2) is 8.78 Å². The molecule has 1 aromatic carbocycles. The molecule has 5 heteroatoms. The van der Waals surface area contributed by atoms with Crippen LogP contribution >= 0.6 is 0 Å². The summed E-state index contributed by atoms with van der Waals surface area (Å²) in [5.74, 6) is -1.33. The lowest BCUT2D eigenvalue weighted by Gasteiger charge is -2.43. The third kappa shape index (κ3) is 2.54. The van der Waals surface area contributed by atoms with Gasteiger partial charge in [-0.2, -0.15) is 5.26 Å². The molecule has 102 valence electrons. The van der Waals surface area contributed by atoms with E-state index in [0.29, 0.717) is 13.1 Å². The minimum absolute atomic E-state index is 0.00831. The third-order valence-electron chi connectivity index (χ3n) is 3.82. The number of nitrogens with zero attached hydrogens (tertiary/aromatic N) is 3. The van der Waals surface area contributed by atoms with Gasteiger partial charge in [-0.3, -0.25) is 4.90 Å². The lowest BCUT2D eigenvalue weighted by atomic mass is 10.1. The second-order valence-corrected chi connectivity index (χ2v) is 5.17. The molecule has 0 amide bonds. The SMILES string of the molecule is CC1CN(c2c(F)cc(C#N)cc2F)CC(C)N1C. The van der Waals surface area contributed by atoms with Crippen LogP contribution in [-0.2, 0) is 0 Å². The van der Waals surface area contributed by atoms with Gasteiger partial charge in [-0.05, 0) is 33.0 Å². The first kappa shape index (κ1) is 13.8. The Morgan fingerprint density at radius 2 is 1.63 bits per heavy atom. The van der Waals surface area contributed by atoms with Gasteiger partial charge in [0.25, 0.3) is 0 Å². The van der Waals surface area contributed by atoms with E-state index in [-0.39, 0.29) is 23.3 Å². The van der Waals surface area contributed by atoms with Gasteiger partial charge in [0.15, 0.2) is 11.6 Å². The summed E-state index contributed by atoms with van der Waals surface area (Å²) in [6.07, 6.45) is 0. The van der Waals surface area contributed by atoms with E-state index in [1.54, 1.807) is 11.0 Å². The number of piperazine rings is 1. The van der Waals surface area contributed by atoms with Gasteiger partial charge in [0.2, 0.25) is 0 Å². The van der Waals surface area contributed by atoms with Gasteiger partial charge >= 0.3 is 0 Å². The van der Waals surface area contributed by atoms with Crippen molar-refractivity contribution in [3.05, 3.63) is 29.3 Å². The van der Waals surface area contributed by atoms with Gasteiger partial charge in [0, 0.05) is 25.2 Å². The largest absolute Gasteiger partial charge is 0.364 e. The maximum absolute atomic E-state index is 14.0. The molecule has 1 heterocycles. The first-order valence-electron chi connectivity index (χ1n) is 6.30. The van der Waals surface area contributed by atoms with Gasteiger partial charge in [0.1, 0.15) is 5.69 Å². The van der Waals surface area contributed by atoms with E-state index in [0.717, 1.165) is 12.1 Å². The molecule has 1 saturated heterocycles. The molecule has 19 heavy (non-hydrogen) atoms. The number of hydrogen-bond acceptors (Lipinski definition) is 3. The average molecular weight is 265 g/mol. The molecule has 2 unspecified atom stereocenters. The number of benzene rings is 1. The van der Waals surface area contributed by atoms with E-state index in [1.165, 1.54) is 0 Å². The zero-order valence-corrected chi connectivity index (χ0v) is 11.3. The fourth-order valence-corrected chi connectivity index (χ4v) is 2.52. The van der Waals surface area contributed by atoms with Gasteiger partial charge < -0.3 is 4.90 Å². The fourth-order valence-electron chi connectivity index (χ4n) is 2.52. The Morgan fingerprint density at radius 3 is 2.05 bits per heavy atom. The van der Waals surface area contributed by atoms with E-state index < -0.39 is 11.6 Å². The van der Waals surface area contributed by atoms with Crippen molar-refractivity contribution in [1.29, 1.82) is 5.26 Å². The highest BCUT2D eigenvalue weighted by atomic mass is 19.1. The van der Waals surface area contributed by atoms with E-state index in [9.17, 15) is 8.78 Å². The molecule has 0 aromatic heterocycles. The summed E-state index contributed by atoms with van der Waals surface area (Å²) in [5.41, 5.74) is -0.0141. The van der Waals surface area contributed by atoms with Crippen molar-refractivity contribution >= 4 is 5.69 Å². The number of nitriles is 1. The van der Waals surface area contributed by atoms with Crippen molar-refractivity contribution in [2.75, 3.05) is 25.0 Å². The zero-order valence-electron chi connectivity index (χ0n) is 11.3. The molecule has 1 aromatic rings. The summed E-state index contributed by atoms with van der Waals surface area (Å²) in [6.45, 7) is 5.20. The van der Waals surface area contributed by atoms with Crippen molar-refractivity contribution in [1.82, 2.24) is 4.90 Å². The van der Waals surface area contributed by atoms with E-state index >= 15 is 0 Å². The lowest BCUT2D eigenvalue weighted by molar-refractivity contribution is 0.169. The second kappa shape index (κ2) is 5.14. The van der Waals surface area contributed by atoms with Crippen molar-refractivity contribution in [3.63, 3.8) is 0 Å². The molecule has 0 saturated carbocycles. The molecule has 0 N–H and O–H groups in total. The van der Waals surface area contributed by atoms with Gasteiger partial charge in [-0.15, -0.1) is 0 Å². The number of hydrogen-bond donors (Lipinski definition) is 0. The summed E-state index contributed by atoms with van der Waals surface area (Å²) in [7, 11) is 2.01. The minimum atomic E-state index is -0.666. The molecule has 0 aliphatic carbocycles. The normalized spacial score (nSPS) is 24.3. The molecular formula is C14H17F2N3. The predicted octanol–water partition coefficient (Wildman–Crippen LogP) is 2.37. The van der Waals surface area contributed by atoms with Crippen molar-refractivity contribution in [3.8, 4) is 6.07 Å². The van der Waals surface area contributed by atoms with Crippen LogP contribution in [0.5, 0.6) is 0 Å². The van der Waals surface area contributed by atoms with Crippen LogP contribution in [0.15, 0.2) is 12.1 Å². The summed E-state index contributed by atoms with van der Waals surface area (Å²) >= 11 is 0. The number of likely N-dealkylation sites (N-methyl/N-ethyl adjacent to an activating group) is 1. The Hall–Kier alpha value is -1.67. The quantitative estimate of drug-likeness (QED) is 0.781. The molecular weight excluding hydrogens is 248 g/mol. The summed E-state index contributed by atoms with van der Waals surface area (Å²) in [4.78, 5) is 3.91. The molecule has 0 radical (unpaired) electrons. The smallest absolute Gasteiger partial charge is 0.150 e. The first-order chi connectivity index (χ1) is 8.93. The van der Waals surface area contributed by atoms with E-state index in [2.05, 4.69) is 4.90 Å². The molecule has 0 spiro atoms. The first-order valence-corrected chi connectivity index (χ1v) is 6.30. The molecule has 1 fully saturated rings. The van der Waals surface area contributed by atoms with Crippen molar-refractivity contribution in [2.24, 2.45) is 0 Å². The Kier molecular flexibility index (Phi) is 3.72. The van der Waals surface area contributed by atoms with Crippen LogP contribution in [0.2, 0.25) is 0 Å². The third-order valence-corrected chi connectivity index (χ3v) is 3.82. The zero-order chi connectivity index (χ0) is 14.2. The number of rotatable bonds is 1. The molecule has 0 bridgehead atoms. The number of halogens is 2. The van der Waals surface area contributed by atoms with Crippen LogP contribution in [0.1, 0.15) is 19.4 Å².